The molecule has 6 N–H and O–H groups in total. The summed E-state index contributed by atoms with van der Waals surface area (Å²) in [6.07, 6.45) is -9.56. The number of hydrogen-bond acceptors (Lipinski definition) is 10. The van der Waals surface area contributed by atoms with Gasteiger partial charge in [-0.25, -0.2) is 4.79 Å². The monoisotopic (exact) mass is 446 g/mol. The molecular formula is C21H18O11. The molecule has 0 aliphatic carbocycles. The topological polar surface area (TPSA) is 187 Å². The average molecular weight is 446 g/mol. The van der Waals surface area contributed by atoms with E-state index in [2.05, 4.69) is 0 Å². The SMILES string of the molecule is O=C(O)C1O[C@@H](Oc2cc3oc(-c4ccccc4)cc(=O)c3c(O)c2O)C(O)[C@@H](O)[C@@H]1O. The molecule has 0 radical (unpaired) electrons. The Hall–Kier alpha value is -3.64. The van der Waals surface area contributed by atoms with E-state index in [4.69, 9.17) is 19.0 Å². The van der Waals surface area contributed by atoms with Crippen LogP contribution in [0.3, 0.4) is 0 Å². The van der Waals surface area contributed by atoms with E-state index in [1.165, 1.54) is 0 Å². The standard InChI is InChI=1S/C21H18O11/c22-9-6-10(8-4-2-1-3-5-8)30-11-7-12(14(23)15(24)13(9)11)31-21-18(27)16(25)17(26)19(32-21)20(28)29/h1-7,16-19,21,23-27H,(H,28,29)/t16-,17-,18?,19?,21+/m0/s1. The van der Waals surface area contributed by atoms with Crippen LogP contribution < -0.4 is 10.2 Å². The molecule has 3 aromatic rings. The summed E-state index contributed by atoms with van der Waals surface area (Å²) >= 11 is 0. The second-order valence-corrected chi connectivity index (χ2v) is 7.14. The number of hydrogen-bond donors (Lipinski definition) is 6. The number of aliphatic hydroxyl groups is 3. The van der Waals surface area contributed by atoms with Gasteiger partial charge in [0.1, 0.15) is 35.0 Å². The maximum atomic E-state index is 12.5. The summed E-state index contributed by atoms with van der Waals surface area (Å²) in [5.74, 6) is -3.76. The molecule has 32 heavy (non-hydrogen) atoms. The number of carboxylic acid groups (broad SMARTS) is 1. The van der Waals surface area contributed by atoms with Crippen LogP contribution in [0, 0.1) is 0 Å². The van der Waals surface area contributed by atoms with Crippen molar-refractivity contribution in [1.29, 1.82) is 0 Å². The average Bonchev–Trinajstić information content (AvgIpc) is 2.77. The van der Waals surface area contributed by atoms with Crippen molar-refractivity contribution in [3.63, 3.8) is 0 Å². The van der Waals surface area contributed by atoms with Gasteiger partial charge in [-0.05, 0) is 0 Å². The first-order valence-electron chi connectivity index (χ1n) is 9.36. The van der Waals surface area contributed by atoms with Crippen LogP contribution in [0.1, 0.15) is 0 Å². The van der Waals surface area contributed by atoms with Gasteiger partial charge in [0.25, 0.3) is 0 Å². The third-order valence-corrected chi connectivity index (χ3v) is 5.05. The van der Waals surface area contributed by atoms with Gasteiger partial charge in [-0.1, -0.05) is 30.3 Å². The molecule has 2 heterocycles. The van der Waals surface area contributed by atoms with E-state index in [0.717, 1.165) is 12.1 Å². The molecule has 1 saturated heterocycles. The molecule has 1 fully saturated rings. The Kier molecular flexibility index (Phi) is 5.48. The fourth-order valence-electron chi connectivity index (χ4n) is 3.38. The van der Waals surface area contributed by atoms with Crippen molar-refractivity contribution in [3.8, 4) is 28.6 Å². The molecule has 0 bridgehead atoms. The van der Waals surface area contributed by atoms with E-state index in [-0.39, 0.29) is 16.7 Å². The fraction of sp³-hybridized carbons (Fsp3) is 0.238. The first kappa shape index (κ1) is 21.6. The highest BCUT2D eigenvalue weighted by molar-refractivity contribution is 5.89. The quantitative estimate of drug-likeness (QED) is 0.299. The number of phenols is 2. The lowest BCUT2D eigenvalue weighted by molar-refractivity contribution is -0.271. The summed E-state index contributed by atoms with van der Waals surface area (Å²) < 4.78 is 16.0. The Balaban J connectivity index is 1.77. The van der Waals surface area contributed by atoms with Gasteiger partial charge < -0.3 is 44.5 Å². The number of benzene rings is 2. The van der Waals surface area contributed by atoms with Crippen molar-refractivity contribution in [1.82, 2.24) is 0 Å². The van der Waals surface area contributed by atoms with Crippen LogP contribution in [-0.2, 0) is 9.53 Å². The Bertz CT molecular complexity index is 1220. The molecule has 168 valence electrons. The van der Waals surface area contributed by atoms with E-state index >= 15 is 0 Å². The maximum absolute atomic E-state index is 12.5. The molecule has 0 spiro atoms. The van der Waals surface area contributed by atoms with Crippen molar-refractivity contribution in [2.24, 2.45) is 0 Å². The van der Waals surface area contributed by atoms with Crippen molar-refractivity contribution in [2.75, 3.05) is 0 Å². The third kappa shape index (κ3) is 3.63. The summed E-state index contributed by atoms with van der Waals surface area (Å²) in [4.78, 5) is 23.8. The zero-order chi connectivity index (χ0) is 23.2. The highest BCUT2D eigenvalue weighted by Crippen LogP contribution is 2.42. The van der Waals surface area contributed by atoms with Crippen molar-refractivity contribution >= 4 is 16.9 Å². The lowest BCUT2D eigenvalue weighted by Crippen LogP contribution is -2.61. The lowest BCUT2D eigenvalue weighted by Gasteiger charge is -2.38. The molecule has 0 saturated carbocycles. The number of carbonyl (C=O) groups is 1. The van der Waals surface area contributed by atoms with Gasteiger partial charge in [-0.2, -0.15) is 0 Å². The van der Waals surface area contributed by atoms with Crippen LogP contribution >= 0.6 is 0 Å². The molecule has 1 aliphatic rings. The van der Waals surface area contributed by atoms with Gasteiger partial charge in [0.05, 0.1) is 0 Å². The minimum atomic E-state index is -1.94. The molecule has 2 unspecified atom stereocenters. The lowest BCUT2D eigenvalue weighted by atomic mass is 9.99. The van der Waals surface area contributed by atoms with Crippen LogP contribution in [0.5, 0.6) is 17.2 Å². The molecule has 2 aromatic carbocycles. The smallest absolute Gasteiger partial charge is 0.335 e. The van der Waals surface area contributed by atoms with Gasteiger partial charge in [0.2, 0.25) is 12.0 Å². The van der Waals surface area contributed by atoms with Gasteiger partial charge in [0, 0.05) is 17.7 Å². The number of fused-ring (bicyclic) bond motifs is 1. The van der Waals surface area contributed by atoms with Gasteiger partial charge in [0.15, 0.2) is 23.0 Å². The Morgan fingerprint density at radius 3 is 2.28 bits per heavy atom. The second-order valence-electron chi connectivity index (χ2n) is 7.14. The highest BCUT2D eigenvalue weighted by atomic mass is 16.7. The number of phenolic OH excluding ortho intramolecular Hbond substituents is 2. The molecule has 4 rings (SSSR count). The molecule has 1 aromatic heterocycles. The third-order valence-electron chi connectivity index (χ3n) is 5.05. The first-order valence-corrected chi connectivity index (χ1v) is 9.36. The number of aromatic hydroxyl groups is 2. The second kappa shape index (κ2) is 8.13. The minimum absolute atomic E-state index is 0.164. The van der Waals surface area contributed by atoms with Gasteiger partial charge in [-0.3, -0.25) is 4.79 Å². The van der Waals surface area contributed by atoms with Crippen LogP contribution in [-0.4, -0.2) is 67.3 Å². The van der Waals surface area contributed by atoms with Gasteiger partial charge in [-0.15, -0.1) is 0 Å². The van der Waals surface area contributed by atoms with Crippen LogP contribution in [0.2, 0.25) is 0 Å². The largest absolute Gasteiger partial charge is 0.504 e. The number of rotatable bonds is 4. The van der Waals surface area contributed by atoms with E-state index in [0.29, 0.717) is 5.56 Å². The minimum Gasteiger partial charge on any atom is -0.504 e. The Morgan fingerprint density at radius 2 is 1.62 bits per heavy atom. The summed E-state index contributed by atoms with van der Waals surface area (Å²) in [7, 11) is 0. The number of carboxylic acids is 1. The molecule has 11 nitrogen and oxygen atoms in total. The van der Waals surface area contributed by atoms with E-state index in [1.807, 2.05) is 0 Å². The van der Waals surface area contributed by atoms with Gasteiger partial charge >= 0.3 is 5.97 Å². The predicted octanol–water partition coefficient (Wildman–Crippen LogP) is 0.142. The highest BCUT2D eigenvalue weighted by Gasteiger charge is 2.48. The molecule has 11 heteroatoms. The normalized spacial score (nSPS) is 25.5. The number of aliphatic carboxylic acids is 1. The Labute approximate surface area is 178 Å². The summed E-state index contributed by atoms with van der Waals surface area (Å²) in [5, 5.41) is 59.2. The molecular weight excluding hydrogens is 428 g/mol. The maximum Gasteiger partial charge on any atom is 0.335 e. The zero-order valence-electron chi connectivity index (χ0n) is 16.2. The molecule has 1 aliphatic heterocycles. The number of aliphatic hydroxyl groups excluding tert-OH is 3. The number of ether oxygens (including phenoxy) is 2. The summed E-state index contributed by atoms with van der Waals surface area (Å²) in [6, 6.07) is 10.8. The first-order chi connectivity index (χ1) is 15.2. The predicted molar refractivity (Wildman–Crippen MR) is 106 cm³/mol. The van der Waals surface area contributed by atoms with Crippen LogP contribution in [0.15, 0.2) is 51.7 Å². The van der Waals surface area contributed by atoms with Crippen molar-refractivity contribution in [2.45, 2.75) is 30.7 Å². The fourth-order valence-corrected chi connectivity index (χ4v) is 3.38. The molecule has 0 amide bonds. The summed E-state index contributed by atoms with van der Waals surface area (Å²) in [6.45, 7) is 0. The van der Waals surface area contributed by atoms with E-state index in [9.17, 15) is 35.1 Å². The molecule has 5 atom stereocenters. The van der Waals surface area contributed by atoms with E-state index < -0.39 is 59.4 Å². The van der Waals surface area contributed by atoms with Crippen LogP contribution in [0.4, 0.5) is 0 Å². The van der Waals surface area contributed by atoms with Crippen molar-refractivity contribution < 1.29 is 49.3 Å². The summed E-state index contributed by atoms with van der Waals surface area (Å²) in [5.41, 5.74) is -0.265. The van der Waals surface area contributed by atoms with Crippen molar-refractivity contribution in [3.05, 3.63) is 52.7 Å². The Morgan fingerprint density at radius 1 is 0.938 bits per heavy atom. The van der Waals surface area contributed by atoms with Crippen LogP contribution in [0.25, 0.3) is 22.3 Å². The zero-order valence-corrected chi connectivity index (χ0v) is 16.2. The van der Waals surface area contributed by atoms with E-state index in [1.54, 1.807) is 30.3 Å².